The lowest BCUT2D eigenvalue weighted by molar-refractivity contribution is -0.115. The highest BCUT2D eigenvalue weighted by Gasteiger charge is 2.18. The lowest BCUT2D eigenvalue weighted by Gasteiger charge is -2.17. The molecule has 2 aromatic carbocycles. The summed E-state index contributed by atoms with van der Waals surface area (Å²) in [6.07, 6.45) is 3.20. The highest BCUT2D eigenvalue weighted by atomic mass is 32.2. The molecule has 0 N–H and O–H groups in total. The van der Waals surface area contributed by atoms with Gasteiger partial charge in [-0.3, -0.25) is 9.69 Å². The van der Waals surface area contributed by atoms with E-state index >= 15 is 0 Å². The predicted molar refractivity (Wildman–Crippen MR) is 128 cm³/mol. The van der Waals surface area contributed by atoms with Gasteiger partial charge in [-0.05, 0) is 36.4 Å². The van der Waals surface area contributed by atoms with Crippen molar-refractivity contribution < 1.29 is 9.18 Å². The maximum absolute atomic E-state index is 13.3. The van der Waals surface area contributed by atoms with E-state index in [4.69, 9.17) is 0 Å². The van der Waals surface area contributed by atoms with E-state index in [2.05, 4.69) is 20.1 Å². The van der Waals surface area contributed by atoms with E-state index in [-0.39, 0.29) is 11.7 Å². The Hall–Kier alpha value is -3.63. The first-order valence-electron chi connectivity index (χ1n) is 9.98. The molecule has 0 aliphatic carbocycles. The highest BCUT2D eigenvalue weighted by Crippen LogP contribution is 2.32. The van der Waals surface area contributed by atoms with Gasteiger partial charge in [0.05, 0.1) is 28.7 Å². The summed E-state index contributed by atoms with van der Waals surface area (Å²) >= 11 is 2.94. The fourth-order valence-corrected chi connectivity index (χ4v) is 5.17. The number of benzene rings is 2. The molecular formula is C23H17FN6OS2. The molecule has 0 radical (unpaired) electrons. The van der Waals surface area contributed by atoms with Crippen LogP contribution in [0.1, 0.15) is 12.6 Å². The molecule has 33 heavy (non-hydrogen) atoms. The number of para-hydroxylation sites is 1. The van der Waals surface area contributed by atoms with Gasteiger partial charge < -0.3 is 0 Å². The number of thioether (sulfide) groups is 1. The van der Waals surface area contributed by atoms with Gasteiger partial charge in [0.1, 0.15) is 17.2 Å². The molecule has 0 saturated heterocycles. The lowest BCUT2D eigenvalue weighted by atomic mass is 10.3. The number of amides is 1. The molecule has 0 fully saturated rings. The van der Waals surface area contributed by atoms with Crippen molar-refractivity contribution in [2.75, 3.05) is 4.90 Å². The molecule has 0 atom stereocenters. The number of carbonyl (C=O) groups excluding carboxylic acids is 1. The fraction of sp³-hybridized carbons (Fsp3) is 0.0870. The van der Waals surface area contributed by atoms with Crippen molar-refractivity contribution in [2.45, 2.75) is 17.7 Å². The summed E-state index contributed by atoms with van der Waals surface area (Å²) in [5.41, 5.74) is 2.99. The smallest absolute Gasteiger partial charge is 0.230 e. The van der Waals surface area contributed by atoms with E-state index in [1.165, 1.54) is 48.5 Å². The Bertz CT molecular complexity index is 1420. The molecule has 5 rings (SSSR count). The normalized spacial score (nSPS) is 11.1. The van der Waals surface area contributed by atoms with E-state index in [1.807, 2.05) is 35.7 Å². The third kappa shape index (κ3) is 4.35. The first-order valence-corrected chi connectivity index (χ1v) is 11.8. The maximum atomic E-state index is 13.3. The molecule has 164 valence electrons. The third-order valence-corrected chi connectivity index (χ3v) is 6.73. The number of fused-ring (bicyclic) bond motifs is 1. The number of carbonyl (C=O) groups is 1. The molecule has 7 nitrogen and oxygen atoms in total. The summed E-state index contributed by atoms with van der Waals surface area (Å²) in [4.78, 5) is 27.3. The Morgan fingerprint density at radius 1 is 1.12 bits per heavy atom. The van der Waals surface area contributed by atoms with Crippen LogP contribution in [-0.4, -0.2) is 30.6 Å². The van der Waals surface area contributed by atoms with Gasteiger partial charge in [0.25, 0.3) is 0 Å². The van der Waals surface area contributed by atoms with E-state index in [9.17, 15) is 9.18 Å². The van der Waals surface area contributed by atoms with E-state index in [0.717, 1.165) is 27.5 Å². The van der Waals surface area contributed by atoms with E-state index < -0.39 is 0 Å². The second kappa shape index (κ2) is 9.08. The van der Waals surface area contributed by atoms with Crippen molar-refractivity contribution in [1.82, 2.24) is 24.7 Å². The van der Waals surface area contributed by atoms with Crippen molar-refractivity contribution in [3.05, 3.63) is 84.0 Å². The van der Waals surface area contributed by atoms with Crippen molar-refractivity contribution in [1.29, 1.82) is 0 Å². The Balaban J connectivity index is 1.37. The van der Waals surface area contributed by atoms with Gasteiger partial charge in [0, 0.05) is 18.1 Å². The molecule has 0 unspecified atom stereocenters. The van der Waals surface area contributed by atoms with Crippen LogP contribution in [0.2, 0.25) is 0 Å². The maximum Gasteiger partial charge on any atom is 0.230 e. The van der Waals surface area contributed by atoms with Crippen molar-refractivity contribution in [2.24, 2.45) is 0 Å². The molecule has 1 amide bonds. The van der Waals surface area contributed by atoms with Crippen LogP contribution in [0.25, 0.3) is 16.7 Å². The van der Waals surface area contributed by atoms with Gasteiger partial charge in [-0.15, -0.1) is 11.3 Å². The first-order chi connectivity index (χ1) is 16.1. The van der Waals surface area contributed by atoms with Crippen LogP contribution in [0, 0.1) is 5.82 Å². The number of thiazole rings is 1. The van der Waals surface area contributed by atoms with Crippen LogP contribution in [-0.2, 0) is 10.5 Å². The van der Waals surface area contributed by atoms with E-state index in [1.54, 1.807) is 27.9 Å². The quantitative estimate of drug-likeness (QED) is 0.242. The summed E-state index contributed by atoms with van der Waals surface area (Å²) in [7, 11) is 0. The van der Waals surface area contributed by atoms with Crippen LogP contribution >= 0.6 is 23.1 Å². The minimum absolute atomic E-state index is 0.0968. The van der Waals surface area contributed by atoms with Crippen molar-refractivity contribution >= 4 is 50.9 Å². The van der Waals surface area contributed by atoms with E-state index in [0.29, 0.717) is 16.5 Å². The van der Waals surface area contributed by atoms with Gasteiger partial charge in [-0.1, -0.05) is 30.0 Å². The zero-order valence-electron chi connectivity index (χ0n) is 17.4. The van der Waals surface area contributed by atoms with Crippen LogP contribution in [0.4, 0.5) is 15.2 Å². The Kier molecular flexibility index (Phi) is 5.84. The SMILES string of the molecule is CC(=O)N(c1ccccc1)c1nc(CSc2ncnc3c2cnn3-c2ccc(F)cc2)cs1. The fourth-order valence-electron chi connectivity index (χ4n) is 3.32. The number of aromatic nitrogens is 5. The van der Waals surface area contributed by atoms with Crippen LogP contribution < -0.4 is 4.90 Å². The number of anilines is 2. The number of hydrogen-bond acceptors (Lipinski definition) is 7. The Morgan fingerprint density at radius 3 is 2.67 bits per heavy atom. The monoisotopic (exact) mass is 476 g/mol. The number of halogens is 1. The molecular weight excluding hydrogens is 459 g/mol. The molecule has 0 saturated carbocycles. The lowest BCUT2D eigenvalue weighted by Crippen LogP contribution is -2.22. The molecule has 3 heterocycles. The average Bonchev–Trinajstić information content (AvgIpc) is 3.46. The summed E-state index contributed by atoms with van der Waals surface area (Å²) in [6.45, 7) is 1.53. The van der Waals surface area contributed by atoms with Gasteiger partial charge in [0.15, 0.2) is 10.8 Å². The van der Waals surface area contributed by atoms with Crippen LogP contribution in [0.5, 0.6) is 0 Å². The minimum atomic E-state index is -0.306. The highest BCUT2D eigenvalue weighted by molar-refractivity contribution is 7.98. The van der Waals surface area contributed by atoms with Gasteiger partial charge >= 0.3 is 0 Å². The van der Waals surface area contributed by atoms with Gasteiger partial charge in [-0.25, -0.2) is 24.0 Å². The Labute approximate surface area is 196 Å². The molecule has 0 bridgehead atoms. The van der Waals surface area contributed by atoms with Gasteiger partial charge in [-0.2, -0.15) is 5.10 Å². The molecule has 10 heteroatoms. The largest absolute Gasteiger partial charge is 0.274 e. The number of hydrogen-bond donors (Lipinski definition) is 0. The predicted octanol–water partition coefficient (Wildman–Crippen LogP) is 5.39. The second-order valence-corrected chi connectivity index (χ2v) is 8.85. The van der Waals surface area contributed by atoms with Crippen LogP contribution in [0.15, 0.2) is 77.5 Å². The Morgan fingerprint density at radius 2 is 1.91 bits per heavy atom. The zero-order valence-corrected chi connectivity index (χ0v) is 19.1. The summed E-state index contributed by atoms with van der Waals surface area (Å²) in [6, 6.07) is 15.5. The average molecular weight is 477 g/mol. The standard InChI is InChI=1S/C23H17FN6OS2/c1-15(31)29(18-5-3-2-4-6-18)23-28-17(13-33-23)12-32-22-20-11-27-30(21(20)25-14-26-22)19-9-7-16(24)8-10-19/h2-11,13-14H,12H2,1H3. The molecule has 0 aliphatic rings. The summed E-state index contributed by atoms with van der Waals surface area (Å²) < 4.78 is 14.9. The molecule has 0 spiro atoms. The van der Waals surface area contributed by atoms with Crippen LogP contribution in [0.3, 0.4) is 0 Å². The summed E-state index contributed by atoms with van der Waals surface area (Å²) in [5.74, 6) is 0.171. The van der Waals surface area contributed by atoms with Gasteiger partial charge in [0.2, 0.25) is 5.91 Å². The minimum Gasteiger partial charge on any atom is -0.274 e. The second-order valence-electron chi connectivity index (χ2n) is 7.05. The molecule has 0 aliphatic heterocycles. The number of rotatable bonds is 6. The summed E-state index contributed by atoms with van der Waals surface area (Å²) in [5, 5.41) is 8.56. The number of nitrogens with zero attached hydrogens (tertiary/aromatic N) is 6. The molecule has 3 aromatic heterocycles. The first kappa shape index (κ1) is 21.2. The van der Waals surface area contributed by atoms with Crippen molar-refractivity contribution in [3.8, 4) is 5.69 Å². The molecule has 5 aromatic rings. The topological polar surface area (TPSA) is 76.8 Å². The zero-order chi connectivity index (χ0) is 22.8. The third-order valence-electron chi connectivity index (χ3n) is 4.82. The van der Waals surface area contributed by atoms with Crippen molar-refractivity contribution in [3.63, 3.8) is 0 Å².